The van der Waals surface area contributed by atoms with Gasteiger partial charge in [-0.2, -0.15) is 8.42 Å². The second kappa shape index (κ2) is 15.7. The van der Waals surface area contributed by atoms with Gasteiger partial charge >= 0.3 is 29.6 Å². The molecule has 0 aliphatic heterocycles. The van der Waals surface area contributed by atoms with Crippen molar-refractivity contribution < 1.29 is 52.4 Å². The summed E-state index contributed by atoms with van der Waals surface area (Å²) in [7, 11) is -4.40. The predicted molar refractivity (Wildman–Crippen MR) is 122 cm³/mol. The molecule has 0 bridgehead atoms. The first-order valence-electron chi connectivity index (χ1n) is 11.5. The van der Waals surface area contributed by atoms with E-state index in [2.05, 4.69) is 6.92 Å². The summed E-state index contributed by atoms with van der Waals surface area (Å²) in [6.07, 6.45) is 14.9. The van der Waals surface area contributed by atoms with Crippen molar-refractivity contribution in [3.8, 4) is 17.2 Å². The molecule has 0 saturated heterocycles. The van der Waals surface area contributed by atoms with Crippen LogP contribution in [0.2, 0.25) is 0 Å². The van der Waals surface area contributed by atoms with E-state index in [0.717, 1.165) is 43.0 Å². The Kier molecular flexibility index (Phi) is 14.2. The second-order valence-corrected chi connectivity index (χ2v) is 9.50. The summed E-state index contributed by atoms with van der Waals surface area (Å²) in [6, 6.07) is 10.7. The molecule has 0 spiro atoms. The Hall–Kier alpha value is -1.05. The summed E-state index contributed by atoms with van der Waals surface area (Å²) < 4.78 is 37.6. The monoisotopic (exact) mass is 470 g/mol. The Morgan fingerprint density at radius 1 is 0.812 bits per heavy atom. The number of hydrogen-bond donors (Lipinski definition) is 1. The predicted octanol–water partition coefficient (Wildman–Crippen LogP) is 3.66. The van der Waals surface area contributed by atoms with Crippen LogP contribution in [0, 0.1) is 0 Å². The zero-order chi connectivity index (χ0) is 22.5. The van der Waals surface area contributed by atoms with Gasteiger partial charge in [0.2, 0.25) is 0 Å². The molecule has 2 aromatic carbocycles. The molecule has 0 unspecified atom stereocenters. The second-order valence-electron chi connectivity index (χ2n) is 8.08. The van der Waals surface area contributed by atoms with E-state index >= 15 is 0 Å². The van der Waals surface area contributed by atoms with Gasteiger partial charge in [-0.25, -0.2) is 0 Å². The molecule has 172 valence electrons. The van der Waals surface area contributed by atoms with E-state index in [9.17, 15) is 18.1 Å². The van der Waals surface area contributed by atoms with E-state index in [1.807, 2.05) is 18.2 Å². The van der Waals surface area contributed by atoms with E-state index in [1.54, 1.807) is 6.07 Å². The van der Waals surface area contributed by atoms with E-state index in [-0.39, 0.29) is 40.2 Å². The zero-order valence-electron chi connectivity index (χ0n) is 19.5. The van der Waals surface area contributed by atoms with Gasteiger partial charge in [-0.05, 0) is 30.5 Å². The third-order valence-electron chi connectivity index (χ3n) is 5.46. The number of aryl methyl sites for hydroxylation is 1. The summed E-state index contributed by atoms with van der Waals surface area (Å²) in [4.78, 5) is -0.357. The van der Waals surface area contributed by atoms with Crippen LogP contribution in [0.15, 0.2) is 47.4 Å². The molecule has 2 aromatic rings. The molecule has 1 N–H and O–H groups in total. The van der Waals surface area contributed by atoms with Gasteiger partial charge in [-0.15, -0.1) is 0 Å². The molecule has 0 aliphatic carbocycles. The Morgan fingerprint density at radius 2 is 1.38 bits per heavy atom. The molecule has 0 radical (unpaired) electrons. The van der Waals surface area contributed by atoms with Gasteiger partial charge in [-0.1, -0.05) is 101 Å². The first-order chi connectivity index (χ1) is 14.9. The van der Waals surface area contributed by atoms with Crippen molar-refractivity contribution in [2.75, 3.05) is 0 Å². The molecule has 0 amide bonds. The minimum absolute atomic E-state index is 0. The zero-order valence-corrected chi connectivity index (χ0v) is 22.3. The van der Waals surface area contributed by atoms with E-state index in [1.165, 1.54) is 57.8 Å². The number of hydrogen-bond acceptors (Lipinski definition) is 4. The Morgan fingerprint density at radius 3 is 1.97 bits per heavy atom. The largest absolute Gasteiger partial charge is 1.00 e. The molecule has 0 aliphatic rings. The van der Waals surface area contributed by atoms with Crippen molar-refractivity contribution in [1.29, 1.82) is 0 Å². The summed E-state index contributed by atoms with van der Waals surface area (Å²) >= 11 is 0. The molecule has 0 heterocycles. The Bertz CT molecular complexity index is 899. The topological polar surface area (TPSA) is 86.7 Å². The Labute approximate surface area is 215 Å². The minimum Gasteiger partial charge on any atom is -0.870 e. The van der Waals surface area contributed by atoms with Crippen LogP contribution in [0.25, 0.3) is 0 Å². The van der Waals surface area contributed by atoms with Gasteiger partial charge in [-0.3, -0.25) is 4.55 Å². The number of unbranched alkanes of at least 4 members (excludes halogenated alkanes) is 10. The molecule has 0 saturated carbocycles. The average Bonchev–Trinajstić information content (AvgIpc) is 2.74. The van der Waals surface area contributed by atoms with Crippen LogP contribution in [0.3, 0.4) is 0 Å². The maximum atomic E-state index is 12.1. The molecule has 7 heteroatoms. The number of ether oxygens (including phenoxy) is 1. The molecule has 32 heavy (non-hydrogen) atoms. The van der Waals surface area contributed by atoms with Gasteiger partial charge in [0.1, 0.15) is 11.5 Å². The van der Waals surface area contributed by atoms with Crippen molar-refractivity contribution >= 4 is 10.1 Å². The van der Waals surface area contributed by atoms with Crippen LogP contribution in [-0.2, 0) is 16.5 Å². The third-order valence-corrected chi connectivity index (χ3v) is 6.30. The fraction of sp³-hybridized carbons (Fsp3) is 0.520. The van der Waals surface area contributed by atoms with Crippen LogP contribution in [0.4, 0.5) is 0 Å². The molecular formula is C25H35NaO5S. The molecule has 0 aromatic heterocycles. The van der Waals surface area contributed by atoms with Crippen molar-refractivity contribution in [2.24, 2.45) is 0 Å². The van der Waals surface area contributed by atoms with Crippen LogP contribution in [0.1, 0.15) is 83.1 Å². The van der Waals surface area contributed by atoms with Gasteiger partial charge in [0.15, 0.2) is 0 Å². The van der Waals surface area contributed by atoms with Gasteiger partial charge in [0.05, 0.1) is 4.90 Å². The number of benzene rings is 2. The van der Waals surface area contributed by atoms with Crippen molar-refractivity contribution in [1.82, 2.24) is 0 Å². The van der Waals surface area contributed by atoms with Crippen LogP contribution >= 0.6 is 0 Å². The normalized spacial score (nSPS) is 11.2. The first kappa shape index (κ1) is 29.0. The summed E-state index contributed by atoms with van der Waals surface area (Å²) in [5.41, 5.74) is 0.982. The molecule has 0 fully saturated rings. The fourth-order valence-corrected chi connectivity index (χ4v) is 4.13. The van der Waals surface area contributed by atoms with Crippen LogP contribution < -0.4 is 39.4 Å². The summed E-state index contributed by atoms with van der Waals surface area (Å²) in [5.74, 6) is -0.00224. The maximum Gasteiger partial charge on any atom is 1.00 e. The minimum atomic E-state index is -4.40. The maximum absolute atomic E-state index is 12.1. The van der Waals surface area contributed by atoms with Crippen LogP contribution in [0.5, 0.6) is 17.2 Å². The van der Waals surface area contributed by atoms with E-state index in [4.69, 9.17) is 4.74 Å². The standard InChI is InChI=1S/C25H36O5S.Na/c1-2-3-4-5-6-7-8-9-10-11-12-15-21-16-13-14-17-24(21)30-25-20-22(31(27,28)29)18-19-23(25)26;/h13-14,16-20,26H,2-12,15H2,1H3,(H,27,28,29);/q;+1/p-1. The average molecular weight is 471 g/mol. The molecular weight excluding hydrogens is 435 g/mol. The van der Waals surface area contributed by atoms with Crippen LogP contribution in [-0.4, -0.2) is 13.0 Å². The van der Waals surface area contributed by atoms with Crippen molar-refractivity contribution in [3.63, 3.8) is 0 Å². The van der Waals surface area contributed by atoms with Crippen molar-refractivity contribution in [3.05, 3.63) is 48.0 Å². The SMILES string of the molecule is CCCCCCCCCCCCCc1ccccc1Oc1cc(S(=O)(=O)O)ccc1[O-].[Na+]. The molecule has 5 nitrogen and oxygen atoms in total. The molecule has 0 atom stereocenters. The third kappa shape index (κ3) is 10.7. The van der Waals surface area contributed by atoms with Gasteiger partial charge in [0, 0.05) is 6.07 Å². The smallest absolute Gasteiger partial charge is 0.870 e. The van der Waals surface area contributed by atoms with E-state index in [0.29, 0.717) is 5.75 Å². The molecule has 2 rings (SSSR count). The number of para-hydroxylation sites is 1. The van der Waals surface area contributed by atoms with Crippen molar-refractivity contribution in [2.45, 2.75) is 88.9 Å². The van der Waals surface area contributed by atoms with Gasteiger partial charge < -0.3 is 9.84 Å². The summed E-state index contributed by atoms with van der Waals surface area (Å²) in [5, 5.41) is 12.1. The van der Waals surface area contributed by atoms with Gasteiger partial charge in [0.25, 0.3) is 10.1 Å². The Balaban J connectivity index is 0.00000512. The quantitative estimate of drug-likeness (QED) is 0.244. The first-order valence-corrected chi connectivity index (χ1v) is 12.9. The summed E-state index contributed by atoms with van der Waals surface area (Å²) in [6.45, 7) is 2.24. The fourth-order valence-electron chi connectivity index (χ4n) is 3.64. The number of rotatable bonds is 15. The van der Waals surface area contributed by atoms with E-state index < -0.39 is 15.9 Å².